The highest BCUT2D eigenvalue weighted by Crippen LogP contribution is 2.37. The molecule has 33 heavy (non-hydrogen) atoms. The number of phenols is 1. The second-order valence-corrected chi connectivity index (χ2v) is 7.43. The second kappa shape index (κ2) is 9.69. The number of aromatic hydroxyl groups is 1. The molecule has 0 aliphatic carbocycles. The van der Waals surface area contributed by atoms with Gasteiger partial charge in [-0.05, 0) is 48.0 Å². The van der Waals surface area contributed by atoms with Crippen molar-refractivity contribution in [3.63, 3.8) is 0 Å². The number of barbiturate groups is 1. The van der Waals surface area contributed by atoms with Crippen LogP contribution in [0.3, 0.4) is 0 Å². The van der Waals surface area contributed by atoms with Crippen molar-refractivity contribution in [2.24, 2.45) is 0 Å². The minimum absolute atomic E-state index is 0.0109. The van der Waals surface area contributed by atoms with Crippen molar-refractivity contribution < 1.29 is 33.9 Å². The van der Waals surface area contributed by atoms with E-state index >= 15 is 0 Å². The molecule has 0 aromatic heterocycles. The molecule has 2 aromatic carbocycles. The van der Waals surface area contributed by atoms with Crippen LogP contribution in [0.15, 0.2) is 40.4 Å². The molecule has 1 aliphatic rings. The number of hydrogen-bond acceptors (Lipinski definition) is 8. The molecule has 1 heterocycles. The Bertz CT molecular complexity index is 1190. The molecule has 0 radical (unpaired) electrons. The van der Waals surface area contributed by atoms with E-state index in [1.54, 1.807) is 19.9 Å². The SMILES string of the molecule is CCOc1ccc(OCC)c(N2C(=O)NC(=O)/C(=C\c3cc([N+](=O)[O-])cc(Br)c3O)C2=O)c1. The van der Waals surface area contributed by atoms with Gasteiger partial charge in [0.15, 0.2) is 0 Å². The van der Waals surface area contributed by atoms with Gasteiger partial charge in [-0.2, -0.15) is 0 Å². The van der Waals surface area contributed by atoms with Crippen LogP contribution in [0, 0.1) is 10.1 Å². The monoisotopic (exact) mass is 519 g/mol. The van der Waals surface area contributed by atoms with Gasteiger partial charge in [-0.15, -0.1) is 0 Å². The fourth-order valence-electron chi connectivity index (χ4n) is 3.06. The normalized spacial score (nSPS) is 14.9. The van der Waals surface area contributed by atoms with Gasteiger partial charge in [0.1, 0.15) is 22.8 Å². The van der Waals surface area contributed by atoms with E-state index in [-0.39, 0.29) is 33.8 Å². The van der Waals surface area contributed by atoms with Crippen LogP contribution < -0.4 is 19.7 Å². The van der Waals surface area contributed by atoms with E-state index in [9.17, 15) is 29.6 Å². The standard InChI is InChI=1S/C21H18BrN3O8/c1-3-32-13-5-6-17(33-4-2)16(10-13)24-20(28)14(19(27)23-21(24)29)8-11-7-12(25(30)31)9-15(22)18(11)26/h5-10,26H,3-4H2,1-2H3,(H,23,27,29)/b14-8+. The van der Waals surface area contributed by atoms with E-state index in [1.807, 2.05) is 0 Å². The van der Waals surface area contributed by atoms with Crippen molar-refractivity contribution >= 4 is 51.2 Å². The predicted octanol–water partition coefficient (Wildman–Crippen LogP) is 3.53. The molecule has 0 unspecified atom stereocenters. The lowest BCUT2D eigenvalue weighted by Crippen LogP contribution is -2.54. The summed E-state index contributed by atoms with van der Waals surface area (Å²) in [5, 5.41) is 23.5. The first-order chi connectivity index (χ1) is 15.7. The Balaban J connectivity index is 2.13. The Hall–Kier alpha value is -3.93. The van der Waals surface area contributed by atoms with E-state index in [4.69, 9.17) is 9.47 Å². The molecule has 0 atom stereocenters. The van der Waals surface area contributed by atoms with Crippen LogP contribution in [0.5, 0.6) is 17.2 Å². The van der Waals surface area contributed by atoms with E-state index in [0.29, 0.717) is 17.3 Å². The summed E-state index contributed by atoms with van der Waals surface area (Å²) < 4.78 is 11.0. The van der Waals surface area contributed by atoms with Gasteiger partial charge in [-0.3, -0.25) is 25.0 Å². The van der Waals surface area contributed by atoms with E-state index in [2.05, 4.69) is 21.2 Å². The maximum atomic E-state index is 13.2. The van der Waals surface area contributed by atoms with Gasteiger partial charge in [-0.25, -0.2) is 9.69 Å². The molecule has 4 amide bonds. The maximum Gasteiger partial charge on any atom is 0.336 e. The lowest BCUT2D eigenvalue weighted by atomic mass is 10.1. The summed E-state index contributed by atoms with van der Waals surface area (Å²) in [5.41, 5.74) is -1.04. The van der Waals surface area contributed by atoms with Gasteiger partial charge in [0, 0.05) is 23.8 Å². The number of carbonyl (C=O) groups is 3. The molecule has 0 bridgehead atoms. The molecule has 11 nitrogen and oxygen atoms in total. The smallest absolute Gasteiger partial charge is 0.336 e. The van der Waals surface area contributed by atoms with Gasteiger partial charge < -0.3 is 14.6 Å². The molecule has 3 rings (SSSR count). The molecule has 2 aromatic rings. The van der Waals surface area contributed by atoms with Crippen LogP contribution in [0.25, 0.3) is 6.08 Å². The highest BCUT2D eigenvalue weighted by Gasteiger charge is 2.38. The van der Waals surface area contributed by atoms with Crippen LogP contribution in [-0.2, 0) is 9.59 Å². The van der Waals surface area contributed by atoms with Gasteiger partial charge in [0.05, 0.1) is 28.3 Å². The lowest BCUT2D eigenvalue weighted by Gasteiger charge is -2.28. The van der Waals surface area contributed by atoms with E-state index in [0.717, 1.165) is 18.2 Å². The lowest BCUT2D eigenvalue weighted by molar-refractivity contribution is -0.385. The van der Waals surface area contributed by atoms with Gasteiger partial charge >= 0.3 is 6.03 Å². The number of rotatable bonds is 7. The zero-order valence-corrected chi connectivity index (χ0v) is 19.0. The Morgan fingerprint density at radius 2 is 1.85 bits per heavy atom. The maximum absolute atomic E-state index is 13.2. The summed E-state index contributed by atoms with van der Waals surface area (Å²) in [7, 11) is 0. The van der Waals surface area contributed by atoms with Crippen LogP contribution in [-0.4, -0.2) is 41.1 Å². The number of benzene rings is 2. The van der Waals surface area contributed by atoms with Crippen LogP contribution in [0.1, 0.15) is 19.4 Å². The third-order valence-electron chi connectivity index (χ3n) is 4.47. The van der Waals surface area contributed by atoms with Crippen molar-refractivity contribution in [1.29, 1.82) is 0 Å². The molecular weight excluding hydrogens is 502 g/mol. The molecule has 1 fully saturated rings. The number of halogens is 1. The average molecular weight is 520 g/mol. The number of imide groups is 2. The van der Waals surface area contributed by atoms with E-state index < -0.39 is 34.1 Å². The van der Waals surface area contributed by atoms with Crippen LogP contribution >= 0.6 is 15.9 Å². The summed E-state index contributed by atoms with van der Waals surface area (Å²) in [5.74, 6) is -1.91. The fourth-order valence-corrected chi connectivity index (χ4v) is 3.52. The number of urea groups is 1. The second-order valence-electron chi connectivity index (χ2n) is 6.58. The molecule has 12 heteroatoms. The Labute approximate surface area is 195 Å². The largest absolute Gasteiger partial charge is 0.506 e. The van der Waals surface area contributed by atoms with Crippen molar-refractivity contribution in [3.8, 4) is 17.2 Å². The Kier molecular flexibility index (Phi) is 6.97. The summed E-state index contributed by atoms with van der Waals surface area (Å²) >= 11 is 3.00. The number of amides is 4. The predicted molar refractivity (Wildman–Crippen MR) is 120 cm³/mol. The number of nitrogens with zero attached hydrogens (tertiary/aromatic N) is 2. The summed E-state index contributed by atoms with van der Waals surface area (Å²) in [6.07, 6.45) is 0.969. The molecule has 1 aliphatic heterocycles. The topological polar surface area (TPSA) is 148 Å². The number of hydrogen-bond donors (Lipinski definition) is 2. The van der Waals surface area contributed by atoms with Crippen molar-refractivity contribution in [2.45, 2.75) is 13.8 Å². The van der Waals surface area contributed by atoms with Crippen molar-refractivity contribution in [3.05, 3.63) is 56.1 Å². The summed E-state index contributed by atoms with van der Waals surface area (Å²) in [4.78, 5) is 49.5. The molecular formula is C21H18BrN3O8. The molecule has 2 N–H and O–H groups in total. The van der Waals surface area contributed by atoms with Crippen molar-refractivity contribution in [1.82, 2.24) is 5.32 Å². The van der Waals surface area contributed by atoms with Gasteiger partial charge in [0.25, 0.3) is 17.5 Å². The Morgan fingerprint density at radius 3 is 2.48 bits per heavy atom. The molecule has 1 saturated heterocycles. The quantitative estimate of drug-likeness (QED) is 0.244. The third kappa shape index (κ3) is 4.80. The molecule has 0 saturated carbocycles. The highest BCUT2D eigenvalue weighted by atomic mass is 79.9. The number of nitro groups is 1. The average Bonchev–Trinajstić information content (AvgIpc) is 2.75. The minimum Gasteiger partial charge on any atom is -0.506 e. The number of phenolic OH excluding ortho intramolecular Hbond substituents is 1. The zero-order valence-electron chi connectivity index (χ0n) is 17.5. The number of anilines is 1. The van der Waals surface area contributed by atoms with Gasteiger partial charge in [0.2, 0.25) is 0 Å². The van der Waals surface area contributed by atoms with Crippen LogP contribution in [0.4, 0.5) is 16.2 Å². The van der Waals surface area contributed by atoms with Crippen molar-refractivity contribution in [2.75, 3.05) is 18.1 Å². The van der Waals surface area contributed by atoms with Gasteiger partial charge in [-0.1, -0.05) is 0 Å². The summed E-state index contributed by atoms with van der Waals surface area (Å²) in [6, 6.07) is 5.60. The molecule has 0 spiro atoms. The third-order valence-corrected chi connectivity index (χ3v) is 5.08. The number of nitro benzene ring substituents is 1. The van der Waals surface area contributed by atoms with Crippen LogP contribution in [0.2, 0.25) is 0 Å². The summed E-state index contributed by atoms with van der Waals surface area (Å²) in [6.45, 7) is 4.05. The molecule has 172 valence electrons. The van der Waals surface area contributed by atoms with E-state index in [1.165, 1.54) is 12.1 Å². The fraction of sp³-hybridized carbons (Fsp3) is 0.190. The number of nitrogens with one attached hydrogen (secondary N) is 1. The zero-order chi connectivity index (χ0) is 24.3. The highest BCUT2D eigenvalue weighted by molar-refractivity contribution is 9.10. The first-order valence-electron chi connectivity index (χ1n) is 9.65. The number of non-ortho nitro benzene ring substituents is 1. The Morgan fingerprint density at radius 1 is 1.15 bits per heavy atom. The minimum atomic E-state index is -1.03. The number of carbonyl (C=O) groups excluding carboxylic acids is 3. The first-order valence-corrected chi connectivity index (χ1v) is 10.4. The number of ether oxygens (including phenoxy) is 2. The first kappa shape index (κ1) is 23.7.